The lowest BCUT2D eigenvalue weighted by molar-refractivity contribution is 0.337. The van der Waals surface area contributed by atoms with Gasteiger partial charge >= 0.3 is 0 Å². The van der Waals surface area contributed by atoms with E-state index in [1.807, 2.05) is 6.92 Å². The Balaban J connectivity index is 2.28. The van der Waals surface area contributed by atoms with Crippen LogP contribution < -0.4 is 15.2 Å². The molecule has 2 N–H and O–H groups in total. The Morgan fingerprint density at radius 1 is 1.05 bits per heavy atom. The summed E-state index contributed by atoms with van der Waals surface area (Å²) >= 11 is 0. The lowest BCUT2D eigenvalue weighted by atomic mass is 10.2. The van der Waals surface area contributed by atoms with Gasteiger partial charge < -0.3 is 15.2 Å². The molecule has 0 aliphatic rings. The van der Waals surface area contributed by atoms with Crippen LogP contribution in [0.3, 0.4) is 0 Å². The molecule has 0 saturated carbocycles. The molecule has 0 aromatic heterocycles. The van der Waals surface area contributed by atoms with Gasteiger partial charge in [0.05, 0.1) is 6.61 Å². The van der Waals surface area contributed by atoms with Crippen LogP contribution in [0.25, 0.3) is 0 Å². The van der Waals surface area contributed by atoms with E-state index in [0.29, 0.717) is 12.4 Å². The van der Waals surface area contributed by atoms with Gasteiger partial charge in [0.1, 0.15) is 11.5 Å². The third kappa shape index (κ3) is 3.13. The molecule has 0 spiro atoms. The van der Waals surface area contributed by atoms with E-state index in [-0.39, 0.29) is 11.4 Å². The summed E-state index contributed by atoms with van der Waals surface area (Å²) in [6.45, 7) is 2.33. The van der Waals surface area contributed by atoms with E-state index in [1.165, 1.54) is 0 Å². The molecule has 0 radical (unpaired) electrons. The van der Waals surface area contributed by atoms with Gasteiger partial charge in [-0.15, -0.1) is 0 Å². The second-order valence-corrected chi connectivity index (χ2v) is 3.82. The Bertz CT molecular complexity index is 564. The second-order valence-electron chi connectivity index (χ2n) is 3.82. The molecule has 2 aromatic rings. The minimum Gasteiger partial charge on any atom is -0.494 e. The van der Waals surface area contributed by atoms with Gasteiger partial charge in [0.2, 0.25) is 0 Å². The molecular weight excluding hydrogens is 252 g/mol. The highest BCUT2D eigenvalue weighted by atomic mass is 19.1. The summed E-state index contributed by atoms with van der Waals surface area (Å²) in [4.78, 5) is 0. The van der Waals surface area contributed by atoms with Gasteiger partial charge in [0.15, 0.2) is 17.4 Å². The minimum atomic E-state index is -0.848. The summed E-state index contributed by atoms with van der Waals surface area (Å²) < 4.78 is 37.6. The van der Waals surface area contributed by atoms with Crippen LogP contribution >= 0.6 is 0 Å². The quantitative estimate of drug-likeness (QED) is 0.856. The number of benzene rings is 2. The van der Waals surface area contributed by atoms with Crippen LogP contribution in [0.15, 0.2) is 36.4 Å². The van der Waals surface area contributed by atoms with E-state index in [0.717, 1.165) is 12.1 Å². The molecule has 0 aliphatic carbocycles. The number of hydrogen-bond donors (Lipinski definition) is 1. The summed E-state index contributed by atoms with van der Waals surface area (Å²) in [5, 5.41) is 0. The Morgan fingerprint density at radius 3 is 2.32 bits per heavy atom. The maximum absolute atomic E-state index is 13.6. The van der Waals surface area contributed by atoms with Crippen molar-refractivity contribution in [2.24, 2.45) is 0 Å². The van der Waals surface area contributed by atoms with Gasteiger partial charge in [0, 0.05) is 23.9 Å². The number of hydrogen-bond acceptors (Lipinski definition) is 3. The van der Waals surface area contributed by atoms with Crippen molar-refractivity contribution < 1.29 is 18.3 Å². The molecule has 0 amide bonds. The summed E-state index contributed by atoms with van der Waals surface area (Å²) in [7, 11) is 0. The fourth-order valence-electron chi connectivity index (χ4n) is 1.59. The molecule has 19 heavy (non-hydrogen) atoms. The van der Waals surface area contributed by atoms with Crippen molar-refractivity contribution in [2.75, 3.05) is 12.3 Å². The van der Waals surface area contributed by atoms with Crippen LogP contribution in [0.2, 0.25) is 0 Å². The van der Waals surface area contributed by atoms with Crippen molar-refractivity contribution in [3.05, 3.63) is 48.0 Å². The highest BCUT2D eigenvalue weighted by Crippen LogP contribution is 2.30. The number of ether oxygens (including phenoxy) is 2. The monoisotopic (exact) mass is 265 g/mol. The van der Waals surface area contributed by atoms with E-state index < -0.39 is 17.4 Å². The number of nitrogens with two attached hydrogens (primary N) is 1. The van der Waals surface area contributed by atoms with Crippen LogP contribution in [0.5, 0.6) is 17.2 Å². The third-order valence-electron chi connectivity index (χ3n) is 2.36. The van der Waals surface area contributed by atoms with Crippen molar-refractivity contribution in [2.45, 2.75) is 6.92 Å². The van der Waals surface area contributed by atoms with Gasteiger partial charge in [-0.2, -0.15) is 0 Å². The Morgan fingerprint density at radius 2 is 1.68 bits per heavy atom. The molecule has 3 nitrogen and oxygen atoms in total. The zero-order valence-electron chi connectivity index (χ0n) is 10.3. The Labute approximate surface area is 109 Å². The van der Waals surface area contributed by atoms with E-state index >= 15 is 0 Å². The van der Waals surface area contributed by atoms with E-state index in [2.05, 4.69) is 0 Å². The highest BCUT2D eigenvalue weighted by Gasteiger charge is 2.13. The zero-order chi connectivity index (χ0) is 13.8. The fraction of sp³-hybridized carbons (Fsp3) is 0.143. The first-order chi connectivity index (χ1) is 9.10. The van der Waals surface area contributed by atoms with Crippen molar-refractivity contribution in [1.29, 1.82) is 0 Å². The SMILES string of the molecule is CCOc1cccc(Oc2c(F)cc(N)cc2F)c1. The van der Waals surface area contributed by atoms with Gasteiger partial charge in [-0.1, -0.05) is 6.07 Å². The number of halogens is 2. The normalized spacial score (nSPS) is 10.3. The smallest absolute Gasteiger partial charge is 0.198 e. The average Bonchev–Trinajstić information content (AvgIpc) is 2.35. The molecule has 0 fully saturated rings. The maximum atomic E-state index is 13.6. The lowest BCUT2D eigenvalue weighted by Gasteiger charge is -2.10. The first-order valence-corrected chi connectivity index (χ1v) is 5.75. The van der Waals surface area contributed by atoms with Crippen LogP contribution in [0.4, 0.5) is 14.5 Å². The first kappa shape index (κ1) is 13.1. The summed E-state index contributed by atoms with van der Waals surface area (Å²) in [6.07, 6.45) is 0. The molecule has 100 valence electrons. The fourth-order valence-corrected chi connectivity index (χ4v) is 1.59. The largest absolute Gasteiger partial charge is 0.494 e. The average molecular weight is 265 g/mol. The summed E-state index contributed by atoms with van der Waals surface area (Å²) in [5.74, 6) is -1.33. The number of rotatable bonds is 4. The van der Waals surface area contributed by atoms with E-state index in [1.54, 1.807) is 24.3 Å². The molecule has 0 unspecified atom stereocenters. The van der Waals surface area contributed by atoms with Gasteiger partial charge in [0.25, 0.3) is 0 Å². The number of anilines is 1. The van der Waals surface area contributed by atoms with Gasteiger partial charge in [-0.25, -0.2) is 8.78 Å². The molecule has 0 atom stereocenters. The predicted molar refractivity (Wildman–Crippen MR) is 68.5 cm³/mol. The van der Waals surface area contributed by atoms with Crippen molar-refractivity contribution >= 4 is 5.69 Å². The predicted octanol–water partition coefficient (Wildman–Crippen LogP) is 3.74. The van der Waals surface area contributed by atoms with E-state index in [9.17, 15) is 8.78 Å². The van der Waals surface area contributed by atoms with Crippen LogP contribution in [-0.4, -0.2) is 6.61 Å². The van der Waals surface area contributed by atoms with Crippen LogP contribution in [-0.2, 0) is 0 Å². The maximum Gasteiger partial charge on any atom is 0.198 e. The molecule has 2 rings (SSSR count). The van der Waals surface area contributed by atoms with Crippen LogP contribution in [0.1, 0.15) is 6.92 Å². The molecular formula is C14H13F2NO2. The molecule has 5 heteroatoms. The minimum absolute atomic E-state index is 0.00502. The summed E-state index contributed by atoms with van der Waals surface area (Å²) in [5.41, 5.74) is 5.33. The lowest BCUT2D eigenvalue weighted by Crippen LogP contribution is -1.96. The topological polar surface area (TPSA) is 44.5 Å². The van der Waals surface area contributed by atoms with Crippen molar-refractivity contribution in [3.63, 3.8) is 0 Å². The third-order valence-corrected chi connectivity index (χ3v) is 2.36. The molecule has 0 bridgehead atoms. The zero-order valence-corrected chi connectivity index (χ0v) is 10.3. The van der Waals surface area contributed by atoms with Gasteiger partial charge in [-0.3, -0.25) is 0 Å². The van der Waals surface area contributed by atoms with E-state index in [4.69, 9.17) is 15.2 Å². The van der Waals surface area contributed by atoms with Crippen molar-refractivity contribution in [3.8, 4) is 17.2 Å². The summed E-state index contributed by atoms with van der Waals surface area (Å²) in [6, 6.07) is 8.55. The van der Waals surface area contributed by atoms with Crippen LogP contribution in [0, 0.1) is 11.6 Å². The Hall–Kier alpha value is -2.30. The molecule has 0 aliphatic heterocycles. The highest BCUT2D eigenvalue weighted by molar-refractivity contribution is 5.46. The second kappa shape index (κ2) is 5.56. The molecule has 2 aromatic carbocycles. The molecule has 0 heterocycles. The van der Waals surface area contributed by atoms with Gasteiger partial charge in [-0.05, 0) is 19.1 Å². The Kier molecular flexibility index (Phi) is 3.85. The van der Waals surface area contributed by atoms with Crippen molar-refractivity contribution in [1.82, 2.24) is 0 Å². The number of nitrogen functional groups attached to an aromatic ring is 1. The standard InChI is InChI=1S/C14H13F2NO2/c1-2-18-10-4-3-5-11(8-10)19-14-12(15)6-9(17)7-13(14)16/h3-8H,2,17H2,1H3. The first-order valence-electron chi connectivity index (χ1n) is 5.75. The molecule has 0 saturated heterocycles.